The number of fused-ring (bicyclic) bond motifs is 11. The Labute approximate surface area is 210 Å². The van der Waals surface area contributed by atoms with Crippen molar-refractivity contribution >= 4 is 28.4 Å². The second kappa shape index (κ2) is 6.98. The minimum atomic E-state index is -1.10. The molecule has 1 spiro atoms. The van der Waals surface area contributed by atoms with Crippen LogP contribution in [0.25, 0.3) is 16.6 Å². The summed E-state index contributed by atoms with van der Waals surface area (Å²) in [5.41, 5.74) is 0.696. The Hall–Kier alpha value is -4.17. The van der Waals surface area contributed by atoms with E-state index in [1.54, 1.807) is 22.8 Å². The average Bonchev–Trinajstić information content (AvgIpc) is 3.62. The van der Waals surface area contributed by atoms with Gasteiger partial charge in [0.2, 0.25) is 11.8 Å². The van der Waals surface area contributed by atoms with E-state index in [1.807, 2.05) is 36.4 Å². The van der Waals surface area contributed by atoms with Gasteiger partial charge in [-0.05, 0) is 49.7 Å². The van der Waals surface area contributed by atoms with Crippen molar-refractivity contribution in [3.8, 4) is 5.69 Å². The van der Waals surface area contributed by atoms with Crippen molar-refractivity contribution in [2.45, 2.75) is 24.4 Å². The van der Waals surface area contributed by atoms with Crippen molar-refractivity contribution in [2.24, 2.45) is 11.8 Å². The van der Waals surface area contributed by atoms with Crippen molar-refractivity contribution in [2.75, 3.05) is 11.4 Å². The van der Waals surface area contributed by atoms with Crippen molar-refractivity contribution in [1.82, 2.24) is 14.5 Å². The molecular formula is C29H21FN4O3. The molecule has 4 aliphatic rings. The van der Waals surface area contributed by atoms with Gasteiger partial charge in [0.25, 0.3) is 5.56 Å². The van der Waals surface area contributed by atoms with E-state index in [-0.39, 0.29) is 23.2 Å². The molecule has 3 aromatic carbocycles. The first-order chi connectivity index (χ1) is 18.0. The first-order valence-electron chi connectivity index (χ1n) is 12.6. The second-order valence-electron chi connectivity index (χ2n) is 10.2. The van der Waals surface area contributed by atoms with Crippen LogP contribution in [0.15, 0.2) is 77.6 Å². The Morgan fingerprint density at radius 1 is 0.865 bits per heavy atom. The molecule has 1 aromatic heterocycles. The summed E-state index contributed by atoms with van der Waals surface area (Å²) in [7, 11) is 0. The molecule has 0 unspecified atom stereocenters. The molecular weight excluding hydrogens is 471 g/mol. The highest BCUT2D eigenvalue weighted by molar-refractivity contribution is 6.23. The summed E-state index contributed by atoms with van der Waals surface area (Å²) >= 11 is 0. The number of benzene rings is 3. The highest BCUT2D eigenvalue weighted by Gasteiger charge is 2.73. The van der Waals surface area contributed by atoms with Crippen LogP contribution in [0.5, 0.6) is 0 Å². The van der Waals surface area contributed by atoms with Gasteiger partial charge in [-0.15, -0.1) is 0 Å². The number of rotatable bonds is 1. The maximum absolute atomic E-state index is 14.9. The molecule has 8 heteroatoms. The first-order valence-corrected chi connectivity index (χ1v) is 12.6. The van der Waals surface area contributed by atoms with Crippen LogP contribution in [0.1, 0.15) is 24.2 Å². The number of hydrogen-bond acceptors (Lipinski definition) is 5. The summed E-state index contributed by atoms with van der Waals surface area (Å²) in [5.74, 6) is -2.46. The van der Waals surface area contributed by atoms with Crippen LogP contribution < -0.4 is 10.5 Å². The average molecular weight is 493 g/mol. The van der Waals surface area contributed by atoms with E-state index in [0.29, 0.717) is 29.0 Å². The minimum absolute atomic E-state index is 0.0262. The van der Waals surface area contributed by atoms with Gasteiger partial charge in [-0.1, -0.05) is 42.5 Å². The molecule has 0 saturated carbocycles. The molecule has 7 nitrogen and oxygen atoms in total. The predicted molar refractivity (Wildman–Crippen MR) is 134 cm³/mol. The van der Waals surface area contributed by atoms with Gasteiger partial charge >= 0.3 is 0 Å². The maximum atomic E-state index is 14.9. The lowest BCUT2D eigenvalue weighted by molar-refractivity contribution is -0.124. The standard InChI is InChI=1S/C29H21FN4O3/c30-18-10-3-6-13-21(18)33-26(36)23-22-14-7-15-32(22)29(24(23)27(33)37)17-9-2-5-12-20(17)34-25(35)16-8-1-4-11-19(16)31-28(29)34/h1-6,8-13,22-24H,7,14-15H2/t22-,23+,24-,29+/m1/s1. The van der Waals surface area contributed by atoms with Gasteiger partial charge in [0.05, 0.1) is 34.1 Å². The van der Waals surface area contributed by atoms with E-state index >= 15 is 0 Å². The van der Waals surface area contributed by atoms with Crippen LogP contribution >= 0.6 is 0 Å². The topological polar surface area (TPSA) is 75.5 Å². The quantitative estimate of drug-likeness (QED) is 0.381. The minimum Gasteiger partial charge on any atom is -0.283 e. The van der Waals surface area contributed by atoms with E-state index in [9.17, 15) is 18.8 Å². The highest BCUT2D eigenvalue weighted by Crippen LogP contribution is 2.62. The van der Waals surface area contributed by atoms with Crippen molar-refractivity contribution in [3.05, 3.63) is 100 Å². The van der Waals surface area contributed by atoms with Crippen LogP contribution in [0.2, 0.25) is 0 Å². The number of carbonyl (C=O) groups is 2. The van der Waals surface area contributed by atoms with E-state index < -0.39 is 29.1 Å². The number of hydrogen-bond donors (Lipinski definition) is 0. The summed E-state index contributed by atoms with van der Waals surface area (Å²) in [5, 5.41) is 0.493. The molecule has 182 valence electrons. The zero-order chi connectivity index (χ0) is 25.1. The Balaban J connectivity index is 1.46. The number of nitrogens with zero attached hydrogens (tertiary/aromatic N) is 4. The monoisotopic (exact) mass is 492 g/mol. The molecule has 0 bridgehead atoms. The second-order valence-corrected chi connectivity index (χ2v) is 10.2. The molecule has 4 aliphatic heterocycles. The summed E-state index contributed by atoms with van der Waals surface area (Å²) in [6.45, 7) is 0.676. The van der Waals surface area contributed by atoms with E-state index in [0.717, 1.165) is 23.3 Å². The SMILES string of the molecule is O=C1[C@H]2[C@H]3CCCN3[C@@]3(c4ccccc4-n4c3nc3ccccc3c4=O)[C@H]2C(=O)N1c1ccccc1F. The summed E-state index contributed by atoms with van der Waals surface area (Å²) in [4.78, 5) is 50.4. The van der Waals surface area contributed by atoms with Crippen LogP contribution in [0, 0.1) is 17.7 Å². The lowest BCUT2D eigenvalue weighted by Crippen LogP contribution is -2.51. The lowest BCUT2D eigenvalue weighted by Gasteiger charge is -2.38. The normalized spacial score (nSPS) is 27.7. The largest absolute Gasteiger partial charge is 0.283 e. The highest BCUT2D eigenvalue weighted by atomic mass is 19.1. The number of amides is 2. The van der Waals surface area contributed by atoms with Gasteiger partial charge in [-0.2, -0.15) is 0 Å². The number of imide groups is 1. The van der Waals surface area contributed by atoms with Crippen LogP contribution in [-0.2, 0) is 15.1 Å². The Morgan fingerprint density at radius 2 is 1.59 bits per heavy atom. The maximum Gasteiger partial charge on any atom is 0.266 e. The number of para-hydroxylation sites is 3. The summed E-state index contributed by atoms with van der Waals surface area (Å²) in [6.07, 6.45) is 1.60. The fourth-order valence-corrected chi connectivity index (χ4v) is 7.48. The molecule has 3 saturated heterocycles. The third-order valence-corrected chi connectivity index (χ3v) is 8.73. The molecule has 0 radical (unpaired) electrons. The molecule has 4 aromatic rings. The van der Waals surface area contributed by atoms with Crippen LogP contribution in [0.4, 0.5) is 10.1 Å². The van der Waals surface area contributed by atoms with Gasteiger partial charge < -0.3 is 0 Å². The first kappa shape index (κ1) is 21.0. The summed E-state index contributed by atoms with van der Waals surface area (Å²) in [6, 6.07) is 20.5. The van der Waals surface area contributed by atoms with Crippen molar-refractivity contribution < 1.29 is 14.0 Å². The zero-order valence-corrected chi connectivity index (χ0v) is 19.7. The molecule has 5 heterocycles. The molecule has 4 atom stereocenters. The number of carbonyl (C=O) groups excluding carboxylic acids is 2. The lowest BCUT2D eigenvalue weighted by atomic mass is 9.75. The fourth-order valence-electron chi connectivity index (χ4n) is 7.48. The summed E-state index contributed by atoms with van der Waals surface area (Å²) < 4.78 is 16.5. The van der Waals surface area contributed by atoms with Crippen molar-refractivity contribution in [3.63, 3.8) is 0 Å². The van der Waals surface area contributed by atoms with E-state index in [1.165, 1.54) is 18.2 Å². The van der Waals surface area contributed by atoms with E-state index in [4.69, 9.17) is 4.98 Å². The molecule has 0 aliphatic carbocycles. The van der Waals surface area contributed by atoms with Gasteiger partial charge in [0.1, 0.15) is 17.2 Å². The van der Waals surface area contributed by atoms with Gasteiger partial charge in [-0.3, -0.25) is 23.9 Å². The zero-order valence-electron chi connectivity index (χ0n) is 19.7. The fraction of sp³-hybridized carbons (Fsp3) is 0.241. The number of halogens is 1. The van der Waals surface area contributed by atoms with Gasteiger partial charge in [0.15, 0.2) is 0 Å². The van der Waals surface area contributed by atoms with Crippen molar-refractivity contribution in [1.29, 1.82) is 0 Å². The third-order valence-electron chi connectivity index (χ3n) is 8.73. The molecule has 0 N–H and O–H groups in total. The van der Waals surface area contributed by atoms with Gasteiger partial charge in [0, 0.05) is 11.6 Å². The smallest absolute Gasteiger partial charge is 0.266 e. The molecule has 37 heavy (non-hydrogen) atoms. The van der Waals surface area contributed by atoms with Crippen LogP contribution in [0.3, 0.4) is 0 Å². The Morgan fingerprint density at radius 3 is 2.43 bits per heavy atom. The Bertz CT molecular complexity index is 1750. The molecule has 8 rings (SSSR count). The van der Waals surface area contributed by atoms with Gasteiger partial charge in [-0.25, -0.2) is 14.3 Å². The molecule has 3 fully saturated rings. The number of aromatic nitrogens is 2. The van der Waals surface area contributed by atoms with E-state index in [2.05, 4.69) is 4.90 Å². The Kier molecular flexibility index (Phi) is 3.96. The number of anilines is 1. The molecule has 2 amide bonds. The van der Waals surface area contributed by atoms with Crippen LogP contribution in [-0.4, -0.2) is 38.9 Å². The predicted octanol–water partition coefficient (Wildman–Crippen LogP) is 3.37. The third kappa shape index (κ3) is 2.31.